The van der Waals surface area contributed by atoms with E-state index in [9.17, 15) is 18.0 Å². The summed E-state index contributed by atoms with van der Waals surface area (Å²) in [6, 6.07) is 13.1. The monoisotopic (exact) mass is 536 g/mol. The normalized spacial score (nSPS) is 11.6. The van der Waals surface area contributed by atoms with Gasteiger partial charge in [0.25, 0.3) is 0 Å². The van der Waals surface area contributed by atoms with E-state index in [0.717, 1.165) is 40.2 Å². The fourth-order valence-corrected chi connectivity index (χ4v) is 4.37. The number of ketones is 1. The highest BCUT2D eigenvalue weighted by molar-refractivity contribution is 5.98. The van der Waals surface area contributed by atoms with Gasteiger partial charge >= 0.3 is 6.18 Å². The third-order valence-corrected chi connectivity index (χ3v) is 6.40. The molecule has 7 nitrogen and oxygen atoms in total. The molecule has 10 heteroatoms. The highest BCUT2D eigenvalue weighted by atomic mass is 19.4. The molecule has 0 saturated heterocycles. The van der Waals surface area contributed by atoms with Crippen LogP contribution in [0.25, 0.3) is 5.82 Å². The average Bonchev–Trinajstić information content (AvgIpc) is 3.28. The number of carbonyl (C=O) groups excluding carboxylic acids is 1. The Bertz CT molecular complexity index is 1480. The molecule has 0 spiro atoms. The summed E-state index contributed by atoms with van der Waals surface area (Å²) in [7, 11) is 1.78. The largest absolute Gasteiger partial charge is 0.416 e. The molecule has 204 valence electrons. The summed E-state index contributed by atoms with van der Waals surface area (Å²) in [5, 5.41) is 10.6. The molecule has 2 heterocycles. The lowest BCUT2D eigenvalue weighted by molar-refractivity contribution is -0.137. The lowest BCUT2D eigenvalue weighted by Gasteiger charge is -2.13. The molecule has 0 fully saturated rings. The van der Waals surface area contributed by atoms with Crippen molar-refractivity contribution in [2.75, 3.05) is 18.9 Å². The van der Waals surface area contributed by atoms with Gasteiger partial charge in [-0.15, -0.1) is 0 Å². The van der Waals surface area contributed by atoms with E-state index >= 15 is 0 Å². The lowest BCUT2D eigenvalue weighted by Crippen LogP contribution is -2.15. The van der Waals surface area contributed by atoms with Crippen molar-refractivity contribution in [3.8, 4) is 5.82 Å². The van der Waals surface area contributed by atoms with E-state index in [4.69, 9.17) is 0 Å². The van der Waals surface area contributed by atoms with Gasteiger partial charge in [0.1, 0.15) is 12.1 Å². The van der Waals surface area contributed by atoms with Crippen molar-refractivity contribution < 1.29 is 18.0 Å². The SMILES string of the molecule is CCNCc1cc(C(=O)Cc2ccc(C)c(Cc3cc(C)nn3-c3cc(NC)ncn3)c2)cc(C(F)(F)F)c1. The summed E-state index contributed by atoms with van der Waals surface area (Å²) in [5.74, 6) is 0.925. The fourth-order valence-electron chi connectivity index (χ4n) is 4.37. The maximum absolute atomic E-state index is 13.5. The Hall–Kier alpha value is -4.05. The van der Waals surface area contributed by atoms with Gasteiger partial charge in [0.15, 0.2) is 11.6 Å². The van der Waals surface area contributed by atoms with Gasteiger partial charge in [-0.3, -0.25) is 4.79 Å². The van der Waals surface area contributed by atoms with Gasteiger partial charge in [-0.05, 0) is 66.9 Å². The summed E-state index contributed by atoms with van der Waals surface area (Å²) in [5.41, 5.74) is 4.15. The highest BCUT2D eigenvalue weighted by Crippen LogP contribution is 2.31. The van der Waals surface area contributed by atoms with Crippen LogP contribution in [0.15, 0.2) is 54.9 Å². The number of aryl methyl sites for hydroxylation is 2. The van der Waals surface area contributed by atoms with E-state index in [1.807, 2.05) is 45.0 Å². The minimum atomic E-state index is -4.53. The first kappa shape index (κ1) is 28.0. The number of benzene rings is 2. The van der Waals surface area contributed by atoms with E-state index in [2.05, 4.69) is 25.7 Å². The molecule has 0 bridgehead atoms. The van der Waals surface area contributed by atoms with Crippen molar-refractivity contribution in [1.29, 1.82) is 0 Å². The van der Waals surface area contributed by atoms with Gasteiger partial charge in [0.05, 0.1) is 17.0 Å². The molecule has 0 atom stereocenters. The predicted octanol–water partition coefficient (Wildman–Crippen LogP) is 5.47. The zero-order valence-electron chi connectivity index (χ0n) is 22.4. The van der Waals surface area contributed by atoms with Gasteiger partial charge in [-0.25, -0.2) is 14.6 Å². The molecule has 2 N–H and O–H groups in total. The average molecular weight is 537 g/mol. The summed E-state index contributed by atoms with van der Waals surface area (Å²) in [6.45, 7) is 6.62. The minimum absolute atomic E-state index is 0.00896. The van der Waals surface area contributed by atoms with E-state index in [1.54, 1.807) is 17.8 Å². The molecule has 0 radical (unpaired) electrons. The Morgan fingerprint density at radius 3 is 2.51 bits per heavy atom. The van der Waals surface area contributed by atoms with Crippen molar-refractivity contribution >= 4 is 11.6 Å². The Balaban J connectivity index is 1.60. The number of nitrogens with zero attached hydrogens (tertiary/aromatic N) is 4. The number of hydrogen-bond acceptors (Lipinski definition) is 6. The molecule has 4 aromatic rings. The van der Waals surface area contributed by atoms with Gasteiger partial charge in [-0.2, -0.15) is 18.3 Å². The first-order chi connectivity index (χ1) is 18.6. The number of carbonyl (C=O) groups is 1. The minimum Gasteiger partial charge on any atom is -0.373 e. The van der Waals surface area contributed by atoms with Crippen LogP contribution in [-0.4, -0.2) is 39.1 Å². The zero-order chi connectivity index (χ0) is 28.2. The number of anilines is 1. The van der Waals surface area contributed by atoms with Crippen LogP contribution in [0.1, 0.15) is 56.5 Å². The van der Waals surface area contributed by atoms with Crippen molar-refractivity contribution in [1.82, 2.24) is 25.1 Å². The number of rotatable bonds is 10. The molecule has 0 aliphatic heterocycles. The predicted molar refractivity (Wildman–Crippen MR) is 144 cm³/mol. The number of hydrogen-bond donors (Lipinski definition) is 2. The van der Waals surface area contributed by atoms with Crippen LogP contribution in [-0.2, 0) is 25.6 Å². The van der Waals surface area contributed by atoms with Crippen molar-refractivity contribution in [3.63, 3.8) is 0 Å². The molecular formula is C29H31F3N6O. The number of alkyl halides is 3. The van der Waals surface area contributed by atoms with Crippen molar-refractivity contribution in [2.24, 2.45) is 0 Å². The lowest BCUT2D eigenvalue weighted by atomic mass is 9.95. The third kappa shape index (κ3) is 6.88. The molecule has 4 rings (SSSR count). The smallest absolute Gasteiger partial charge is 0.373 e. The van der Waals surface area contributed by atoms with Crippen LogP contribution >= 0.6 is 0 Å². The van der Waals surface area contributed by atoms with Crippen LogP contribution in [0.5, 0.6) is 0 Å². The highest BCUT2D eigenvalue weighted by Gasteiger charge is 2.31. The second kappa shape index (κ2) is 11.8. The Morgan fingerprint density at radius 1 is 1.00 bits per heavy atom. The fraction of sp³-hybridized carbons (Fsp3) is 0.310. The molecule has 0 aliphatic carbocycles. The van der Waals surface area contributed by atoms with E-state index in [0.29, 0.717) is 30.2 Å². The Labute approximate surface area is 225 Å². The third-order valence-electron chi connectivity index (χ3n) is 6.40. The standard InChI is InChI=1S/C29H31F3N6O/c1-5-34-16-21-10-23(13-24(11-21)29(30,31)32)26(39)12-20-7-6-18(2)22(9-20)14-25-8-19(3)37-38(25)28-15-27(33-4)35-17-36-28/h6-11,13,15,17,34H,5,12,14,16H2,1-4H3,(H,33,35,36). The quantitative estimate of drug-likeness (QED) is 0.262. The van der Waals surface area contributed by atoms with Crippen LogP contribution in [0.4, 0.5) is 19.0 Å². The molecule has 0 unspecified atom stereocenters. The van der Waals surface area contributed by atoms with E-state index in [-0.39, 0.29) is 24.3 Å². The number of nitrogens with one attached hydrogen (secondary N) is 2. The van der Waals surface area contributed by atoms with Crippen LogP contribution in [0.3, 0.4) is 0 Å². The first-order valence-corrected chi connectivity index (χ1v) is 12.7. The first-order valence-electron chi connectivity index (χ1n) is 12.7. The Kier molecular flexibility index (Phi) is 8.44. The molecular weight excluding hydrogens is 505 g/mol. The molecule has 0 saturated carbocycles. The maximum atomic E-state index is 13.5. The van der Waals surface area contributed by atoms with E-state index in [1.165, 1.54) is 12.4 Å². The van der Waals surface area contributed by atoms with Gasteiger partial charge < -0.3 is 10.6 Å². The number of aromatic nitrogens is 4. The molecule has 39 heavy (non-hydrogen) atoms. The van der Waals surface area contributed by atoms with Crippen molar-refractivity contribution in [2.45, 2.75) is 46.3 Å². The number of halogens is 3. The summed E-state index contributed by atoms with van der Waals surface area (Å²) < 4.78 is 42.3. The summed E-state index contributed by atoms with van der Waals surface area (Å²) >= 11 is 0. The topological polar surface area (TPSA) is 84.7 Å². The molecule has 0 amide bonds. The Morgan fingerprint density at radius 2 is 1.79 bits per heavy atom. The molecule has 2 aromatic carbocycles. The second-order valence-electron chi connectivity index (χ2n) is 9.43. The van der Waals surface area contributed by atoms with Gasteiger partial charge in [0.2, 0.25) is 0 Å². The van der Waals surface area contributed by atoms with Crippen LogP contribution in [0, 0.1) is 13.8 Å². The van der Waals surface area contributed by atoms with Crippen LogP contribution < -0.4 is 10.6 Å². The molecule has 0 aliphatic rings. The zero-order valence-corrected chi connectivity index (χ0v) is 22.4. The van der Waals surface area contributed by atoms with Gasteiger partial charge in [0, 0.05) is 38.1 Å². The van der Waals surface area contributed by atoms with E-state index < -0.39 is 11.7 Å². The second-order valence-corrected chi connectivity index (χ2v) is 9.43. The van der Waals surface area contributed by atoms with Gasteiger partial charge in [-0.1, -0.05) is 25.1 Å². The van der Waals surface area contributed by atoms with Crippen LogP contribution in [0.2, 0.25) is 0 Å². The summed E-state index contributed by atoms with van der Waals surface area (Å²) in [4.78, 5) is 21.7. The molecule has 2 aromatic heterocycles. The van der Waals surface area contributed by atoms with Crippen molar-refractivity contribution in [3.05, 3.63) is 99.6 Å². The number of Topliss-reactive ketones (excluding diaryl/α,β-unsaturated/α-hetero) is 1. The summed E-state index contributed by atoms with van der Waals surface area (Å²) in [6.07, 6.45) is -2.54. The maximum Gasteiger partial charge on any atom is 0.416 e.